The van der Waals surface area contributed by atoms with Gasteiger partial charge < -0.3 is 11.1 Å². The van der Waals surface area contributed by atoms with Crippen molar-refractivity contribution in [3.63, 3.8) is 0 Å². The van der Waals surface area contributed by atoms with Crippen LogP contribution in [0.4, 0.5) is 11.5 Å². The summed E-state index contributed by atoms with van der Waals surface area (Å²) in [6, 6.07) is 5.66. The molecule has 0 bridgehead atoms. The molecular weight excluding hydrogens is 411 g/mol. The number of hydrogen-bond acceptors (Lipinski definition) is 3. The van der Waals surface area contributed by atoms with E-state index in [9.17, 15) is 4.79 Å². The number of halogens is 2. The second kappa shape index (κ2) is 5.27. The summed E-state index contributed by atoms with van der Waals surface area (Å²) in [5, 5.41) is 6.72. The minimum absolute atomic E-state index is 0.275. The number of amides is 1. The molecule has 0 atom stereocenters. The molecule has 0 spiro atoms. The number of anilines is 2. The SMILES string of the molecule is Cn1ncc(C(=O)Nc2ccc(I)cc2Br)c1N. The molecule has 0 aliphatic carbocycles. The molecule has 5 nitrogen and oxygen atoms in total. The molecule has 0 saturated heterocycles. The van der Waals surface area contributed by atoms with Gasteiger partial charge in [0.2, 0.25) is 0 Å². The highest BCUT2D eigenvalue weighted by Gasteiger charge is 2.14. The Hall–Kier alpha value is -1.09. The van der Waals surface area contributed by atoms with Gasteiger partial charge in [0.05, 0.1) is 11.9 Å². The average molecular weight is 421 g/mol. The number of aromatic nitrogens is 2. The fourth-order valence-corrected chi connectivity index (χ4v) is 2.80. The molecule has 0 radical (unpaired) electrons. The maximum atomic E-state index is 12.0. The third kappa shape index (κ3) is 2.66. The minimum atomic E-state index is -0.275. The van der Waals surface area contributed by atoms with Crippen molar-refractivity contribution >= 4 is 55.9 Å². The molecule has 0 saturated carbocycles. The van der Waals surface area contributed by atoms with Gasteiger partial charge in [0.25, 0.3) is 5.91 Å². The Bertz CT molecular complexity index is 611. The van der Waals surface area contributed by atoms with Gasteiger partial charge in [-0.1, -0.05) is 0 Å². The number of nitrogens with two attached hydrogens (primary N) is 1. The van der Waals surface area contributed by atoms with E-state index < -0.39 is 0 Å². The molecule has 0 unspecified atom stereocenters. The lowest BCUT2D eigenvalue weighted by Crippen LogP contribution is -2.14. The number of hydrogen-bond donors (Lipinski definition) is 2. The van der Waals surface area contributed by atoms with Crippen LogP contribution in [0.5, 0.6) is 0 Å². The first-order valence-electron chi connectivity index (χ1n) is 5.03. The predicted molar refractivity (Wildman–Crippen MR) is 82.4 cm³/mol. The average Bonchev–Trinajstić information content (AvgIpc) is 2.64. The lowest BCUT2D eigenvalue weighted by Gasteiger charge is -2.07. The summed E-state index contributed by atoms with van der Waals surface area (Å²) in [6.45, 7) is 0. The lowest BCUT2D eigenvalue weighted by molar-refractivity contribution is 0.102. The van der Waals surface area contributed by atoms with Crippen molar-refractivity contribution in [1.29, 1.82) is 0 Å². The Morgan fingerprint density at radius 2 is 2.28 bits per heavy atom. The van der Waals surface area contributed by atoms with Crippen LogP contribution < -0.4 is 11.1 Å². The summed E-state index contributed by atoms with van der Waals surface area (Å²) in [5.41, 5.74) is 6.81. The van der Waals surface area contributed by atoms with Crippen molar-refractivity contribution in [2.75, 3.05) is 11.1 Å². The second-order valence-corrected chi connectivity index (χ2v) is 5.75. The number of carbonyl (C=O) groups is 1. The van der Waals surface area contributed by atoms with Gasteiger partial charge in [-0.15, -0.1) is 0 Å². The third-order valence-electron chi connectivity index (χ3n) is 2.41. The van der Waals surface area contributed by atoms with Crippen LogP contribution >= 0.6 is 38.5 Å². The maximum absolute atomic E-state index is 12.0. The van der Waals surface area contributed by atoms with Crippen molar-refractivity contribution in [2.24, 2.45) is 7.05 Å². The highest BCUT2D eigenvalue weighted by Crippen LogP contribution is 2.25. The Morgan fingerprint density at radius 1 is 1.56 bits per heavy atom. The summed E-state index contributed by atoms with van der Waals surface area (Å²) in [5.74, 6) is 0.0663. The molecule has 0 fully saturated rings. The highest BCUT2D eigenvalue weighted by atomic mass is 127. The summed E-state index contributed by atoms with van der Waals surface area (Å²) < 4.78 is 3.36. The molecule has 1 aromatic heterocycles. The molecule has 2 rings (SSSR count). The maximum Gasteiger partial charge on any atom is 0.261 e. The fourth-order valence-electron chi connectivity index (χ4n) is 1.40. The van der Waals surface area contributed by atoms with E-state index in [4.69, 9.17) is 5.73 Å². The van der Waals surface area contributed by atoms with Gasteiger partial charge in [-0.05, 0) is 56.7 Å². The molecule has 1 amide bonds. The van der Waals surface area contributed by atoms with E-state index >= 15 is 0 Å². The first-order valence-corrected chi connectivity index (χ1v) is 6.90. The fraction of sp³-hybridized carbons (Fsp3) is 0.0909. The monoisotopic (exact) mass is 420 g/mol. The largest absolute Gasteiger partial charge is 0.383 e. The van der Waals surface area contributed by atoms with E-state index in [0.717, 1.165) is 8.04 Å². The van der Waals surface area contributed by atoms with Crippen molar-refractivity contribution in [3.8, 4) is 0 Å². The molecular formula is C11H10BrIN4O. The van der Waals surface area contributed by atoms with Crippen LogP contribution in [-0.2, 0) is 7.05 Å². The van der Waals surface area contributed by atoms with Crippen LogP contribution in [0.15, 0.2) is 28.9 Å². The molecule has 7 heteroatoms. The van der Waals surface area contributed by atoms with Crippen LogP contribution in [0.1, 0.15) is 10.4 Å². The van der Waals surface area contributed by atoms with Gasteiger partial charge in [-0.2, -0.15) is 5.10 Å². The zero-order valence-corrected chi connectivity index (χ0v) is 13.2. The first-order chi connectivity index (χ1) is 8.49. The molecule has 1 aromatic carbocycles. The summed E-state index contributed by atoms with van der Waals surface area (Å²) in [4.78, 5) is 12.0. The first kappa shape index (κ1) is 13.3. The summed E-state index contributed by atoms with van der Waals surface area (Å²) >= 11 is 5.60. The number of nitrogens with zero attached hydrogens (tertiary/aromatic N) is 2. The van der Waals surface area contributed by atoms with Gasteiger partial charge in [0.15, 0.2) is 0 Å². The van der Waals surface area contributed by atoms with Crippen molar-refractivity contribution in [1.82, 2.24) is 9.78 Å². The van der Waals surface area contributed by atoms with Gasteiger partial charge in [0.1, 0.15) is 11.4 Å². The molecule has 0 aliphatic rings. The summed E-state index contributed by atoms with van der Waals surface area (Å²) in [6.07, 6.45) is 1.45. The van der Waals surface area contributed by atoms with Crippen LogP contribution in [0.2, 0.25) is 0 Å². The van der Waals surface area contributed by atoms with E-state index in [1.54, 1.807) is 7.05 Å². The second-order valence-electron chi connectivity index (χ2n) is 3.65. The number of nitrogen functional groups attached to an aromatic ring is 1. The quantitative estimate of drug-likeness (QED) is 0.733. The number of benzene rings is 1. The standard InChI is InChI=1S/C11H10BrIN4O/c1-17-10(14)7(5-15-17)11(18)16-9-3-2-6(13)4-8(9)12/h2-5H,14H2,1H3,(H,16,18). The van der Waals surface area contributed by atoms with E-state index in [1.807, 2.05) is 18.2 Å². The zero-order chi connectivity index (χ0) is 13.3. The number of rotatable bonds is 2. The number of aryl methyl sites for hydroxylation is 1. The minimum Gasteiger partial charge on any atom is -0.383 e. The number of nitrogens with one attached hydrogen (secondary N) is 1. The molecule has 94 valence electrons. The van der Waals surface area contributed by atoms with Gasteiger partial charge in [-0.3, -0.25) is 9.48 Å². The van der Waals surface area contributed by atoms with Crippen molar-refractivity contribution < 1.29 is 4.79 Å². The smallest absolute Gasteiger partial charge is 0.261 e. The molecule has 18 heavy (non-hydrogen) atoms. The van der Waals surface area contributed by atoms with Crippen LogP contribution in [-0.4, -0.2) is 15.7 Å². The van der Waals surface area contributed by atoms with Gasteiger partial charge in [-0.25, -0.2) is 0 Å². The lowest BCUT2D eigenvalue weighted by atomic mass is 10.2. The van der Waals surface area contributed by atoms with E-state index in [2.05, 4.69) is 48.9 Å². The Balaban J connectivity index is 2.24. The Kier molecular flexibility index (Phi) is 3.91. The predicted octanol–water partition coefficient (Wildman–Crippen LogP) is 2.62. The topological polar surface area (TPSA) is 72.9 Å². The van der Waals surface area contributed by atoms with Crippen molar-refractivity contribution in [2.45, 2.75) is 0 Å². The molecule has 3 N–H and O–H groups in total. The molecule has 1 heterocycles. The molecule has 0 aliphatic heterocycles. The Morgan fingerprint density at radius 3 is 2.83 bits per heavy atom. The third-order valence-corrected chi connectivity index (χ3v) is 3.74. The normalized spacial score (nSPS) is 10.4. The van der Waals surface area contributed by atoms with E-state index in [1.165, 1.54) is 10.9 Å². The van der Waals surface area contributed by atoms with Crippen LogP contribution in [0.3, 0.4) is 0 Å². The molecule has 2 aromatic rings. The van der Waals surface area contributed by atoms with Crippen LogP contribution in [0, 0.1) is 3.57 Å². The Labute approximate surface area is 126 Å². The van der Waals surface area contributed by atoms with Crippen molar-refractivity contribution in [3.05, 3.63) is 38.0 Å². The number of carbonyl (C=O) groups excluding carboxylic acids is 1. The van der Waals surface area contributed by atoms with Gasteiger partial charge >= 0.3 is 0 Å². The summed E-state index contributed by atoms with van der Waals surface area (Å²) in [7, 11) is 1.69. The van der Waals surface area contributed by atoms with Gasteiger partial charge in [0, 0.05) is 15.1 Å². The van der Waals surface area contributed by atoms with E-state index in [0.29, 0.717) is 17.1 Å². The highest BCUT2D eigenvalue weighted by molar-refractivity contribution is 14.1. The zero-order valence-electron chi connectivity index (χ0n) is 9.45. The van der Waals surface area contributed by atoms with E-state index in [-0.39, 0.29) is 5.91 Å². The van der Waals surface area contributed by atoms with Crippen LogP contribution in [0.25, 0.3) is 0 Å².